The van der Waals surface area contributed by atoms with Crippen LogP contribution in [0, 0.1) is 6.92 Å². The minimum Gasteiger partial charge on any atom is -0.494 e. The van der Waals surface area contributed by atoms with Gasteiger partial charge >= 0.3 is 0 Å². The van der Waals surface area contributed by atoms with Crippen molar-refractivity contribution in [3.05, 3.63) is 81.0 Å². The molecule has 36 heavy (non-hydrogen) atoms. The molecule has 3 heterocycles. The summed E-state index contributed by atoms with van der Waals surface area (Å²) in [5.74, 6) is 0.141. The van der Waals surface area contributed by atoms with Gasteiger partial charge in [0.15, 0.2) is 0 Å². The third-order valence-corrected chi connectivity index (χ3v) is 6.48. The molecular formula is C26H29ClN6O2S. The Morgan fingerprint density at radius 3 is 2.64 bits per heavy atom. The van der Waals surface area contributed by atoms with Crippen LogP contribution in [0.1, 0.15) is 48.3 Å². The quantitative estimate of drug-likeness (QED) is 0.264. The molecule has 1 amide bonds. The Kier molecular flexibility index (Phi) is 9.32. The average Bonchev–Trinajstić information content (AvgIpc) is 3.30. The highest BCUT2D eigenvalue weighted by atomic mass is 35.5. The van der Waals surface area contributed by atoms with E-state index < -0.39 is 0 Å². The molecule has 0 radical (unpaired) electrons. The number of nitrogens with one attached hydrogen (secondary N) is 1. The number of carbonyl (C=O) groups excluding carboxylic acids is 1. The van der Waals surface area contributed by atoms with Gasteiger partial charge in [0.1, 0.15) is 15.9 Å². The lowest BCUT2D eigenvalue weighted by Gasteiger charge is -2.13. The van der Waals surface area contributed by atoms with Crippen molar-refractivity contribution in [1.29, 1.82) is 0 Å². The van der Waals surface area contributed by atoms with Crippen LogP contribution in [0.25, 0.3) is 11.1 Å². The summed E-state index contributed by atoms with van der Waals surface area (Å²) in [5.41, 5.74) is 11.4. The second-order valence-corrected chi connectivity index (χ2v) is 9.63. The number of hydrogen-bond donors (Lipinski definition) is 2. The van der Waals surface area contributed by atoms with Gasteiger partial charge in [-0.05, 0) is 57.9 Å². The van der Waals surface area contributed by atoms with Crippen molar-refractivity contribution in [2.45, 2.75) is 40.5 Å². The number of allylic oxidation sites excluding steroid dienone is 5. The van der Waals surface area contributed by atoms with E-state index in [0.29, 0.717) is 44.8 Å². The maximum atomic E-state index is 13.2. The number of ether oxygens (including phenoxy) is 1. The number of methoxy groups -OCH3 is 1. The SMILES string of the molecule is C/C=C(N)\C=C/C(CCc1nnc(NC(=O)c2cnc(C)cc2-c2cc(Cl)ncc2OC)s1)=C(C)C. The first kappa shape index (κ1) is 27.0. The van der Waals surface area contributed by atoms with Crippen molar-refractivity contribution in [2.75, 3.05) is 12.4 Å². The molecule has 0 saturated carbocycles. The second-order valence-electron chi connectivity index (χ2n) is 8.18. The molecule has 0 aliphatic heterocycles. The highest BCUT2D eigenvalue weighted by molar-refractivity contribution is 7.15. The van der Waals surface area contributed by atoms with Crippen molar-refractivity contribution in [1.82, 2.24) is 20.2 Å². The van der Waals surface area contributed by atoms with Crippen LogP contribution in [-0.4, -0.2) is 33.2 Å². The largest absolute Gasteiger partial charge is 0.494 e. The van der Waals surface area contributed by atoms with Crippen LogP contribution in [0.2, 0.25) is 5.15 Å². The molecule has 10 heteroatoms. The number of pyridine rings is 2. The third kappa shape index (κ3) is 6.99. The average molecular weight is 525 g/mol. The van der Waals surface area contributed by atoms with Crippen LogP contribution in [-0.2, 0) is 6.42 Å². The molecular weight excluding hydrogens is 496 g/mol. The number of nitrogens with zero attached hydrogens (tertiary/aromatic N) is 4. The topological polar surface area (TPSA) is 116 Å². The smallest absolute Gasteiger partial charge is 0.259 e. The lowest BCUT2D eigenvalue weighted by molar-refractivity contribution is 0.102. The summed E-state index contributed by atoms with van der Waals surface area (Å²) in [4.78, 5) is 21.6. The Hall–Kier alpha value is -3.56. The number of halogens is 1. The first-order valence-corrected chi connectivity index (χ1v) is 12.5. The summed E-state index contributed by atoms with van der Waals surface area (Å²) >= 11 is 7.47. The van der Waals surface area contributed by atoms with E-state index in [0.717, 1.165) is 17.1 Å². The zero-order valence-corrected chi connectivity index (χ0v) is 22.5. The van der Waals surface area contributed by atoms with Gasteiger partial charge in [-0.2, -0.15) is 0 Å². The van der Waals surface area contributed by atoms with E-state index >= 15 is 0 Å². The number of carbonyl (C=O) groups is 1. The minimum absolute atomic E-state index is 0.291. The summed E-state index contributed by atoms with van der Waals surface area (Å²) in [6.45, 7) is 7.88. The van der Waals surface area contributed by atoms with Gasteiger partial charge < -0.3 is 10.5 Å². The number of aromatic nitrogens is 4. The highest BCUT2D eigenvalue weighted by Crippen LogP contribution is 2.34. The number of hydrogen-bond acceptors (Lipinski definition) is 8. The van der Waals surface area contributed by atoms with Crippen LogP contribution in [0.4, 0.5) is 5.13 Å². The summed E-state index contributed by atoms with van der Waals surface area (Å²) < 4.78 is 5.44. The van der Waals surface area contributed by atoms with E-state index in [1.807, 2.05) is 38.1 Å². The number of aryl methyl sites for hydroxylation is 2. The fourth-order valence-corrected chi connectivity index (χ4v) is 4.25. The van der Waals surface area contributed by atoms with Crippen molar-refractivity contribution in [3.63, 3.8) is 0 Å². The van der Waals surface area contributed by atoms with Crippen molar-refractivity contribution in [2.24, 2.45) is 5.73 Å². The fraction of sp³-hybridized carbons (Fsp3) is 0.269. The van der Waals surface area contributed by atoms with E-state index in [-0.39, 0.29) is 5.91 Å². The maximum absolute atomic E-state index is 13.2. The summed E-state index contributed by atoms with van der Waals surface area (Å²) in [6.07, 6.45) is 10.3. The van der Waals surface area contributed by atoms with Crippen LogP contribution in [0.5, 0.6) is 5.75 Å². The normalized spacial score (nSPS) is 11.6. The highest BCUT2D eigenvalue weighted by Gasteiger charge is 2.19. The molecule has 8 nitrogen and oxygen atoms in total. The van der Waals surface area contributed by atoms with Gasteiger partial charge in [0.05, 0.1) is 18.9 Å². The third-order valence-electron chi connectivity index (χ3n) is 5.38. The summed E-state index contributed by atoms with van der Waals surface area (Å²) in [6, 6.07) is 3.47. The zero-order valence-electron chi connectivity index (χ0n) is 20.9. The molecule has 0 bridgehead atoms. The van der Waals surface area contributed by atoms with Crippen LogP contribution >= 0.6 is 22.9 Å². The van der Waals surface area contributed by atoms with Crippen LogP contribution in [0.15, 0.2) is 59.6 Å². The van der Waals surface area contributed by atoms with Gasteiger partial charge in [0.2, 0.25) is 5.13 Å². The lowest BCUT2D eigenvalue weighted by atomic mass is 10.0. The molecule has 0 aliphatic rings. The monoisotopic (exact) mass is 524 g/mol. The standard InChI is InChI=1S/C26H29ClN6O2S/c1-6-18(28)9-7-17(15(2)3)8-10-24-32-33-26(36-24)31-25(34)21-13-29-16(4)11-19(21)20-12-23(27)30-14-22(20)35-5/h6-7,9,11-14H,8,10,28H2,1-5H3,(H,31,33,34)/b9-7-,18-6+. The van der Waals surface area contributed by atoms with E-state index in [4.69, 9.17) is 22.1 Å². The van der Waals surface area contributed by atoms with Gasteiger partial charge in [-0.15, -0.1) is 10.2 Å². The minimum atomic E-state index is -0.357. The maximum Gasteiger partial charge on any atom is 0.259 e. The molecule has 0 fully saturated rings. The first-order chi connectivity index (χ1) is 17.2. The van der Waals surface area contributed by atoms with Crippen LogP contribution < -0.4 is 15.8 Å². The Morgan fingerprint density at radius 2 is 1.94 bits per heavy atom. The predicted octanol–water partition coefficient (Wildman–Crippen LogP) is 5.91. The molecule has 3 aromatic rings. The predicted molar refractivity (Wildman–Crippen MR) is 145 cm³/mol. The van der Waals surface area contributed by atoms with Gasteiger partial charge in [-0.3, -0.25) is 15.1 Å². The van der Waals surface area contributed by atoms with E-state index in [9.17, 15) is 4.79 Å². The Bertz CT molecular complexity index is 1340. The number of rotatable bonds is 9. The molecule has 0 aliphatic carbocycles. The Balaban J connectivity index is 1.78. The number of nitrogens with two attached hydrogens (primary N) is 1. The molecule has 3 rings (SSSR count). The molecule has 3 N–H and O–H groups in total. The molecule has 0 aromatic carbocycles. The van der Waals surface area contributed by atoms with Gasteiger partial charge in [-0.25, -0.2) is 4.98 Å². The molecule has 0 saturated heterocycles. The van der Waals surface area contributed by atoms with Crippen molar-refractivity contribution < 1.29 is 9.53 Å². The Morgan fingerprint density at radius 1 is 1.17 bits per heavy atom. The molecule has 188 valence electrons. The van der Waals surface area contributed by atoms with Crippen LogP contribution in [0.3, 0.4) is 0 Å². The zero-order chi connectivity index (χ0) is 26.2. The van der Waals surface area contributed by atoms with Gasteiger partial charge in [0, 0.05) is 35.1 Å². The van der Waals surface area contributed by atoms with Gasteiger partial charge in [0.25, 0.3) is 5.91 Å². The van der Waals surface area contributed by atoms with Gasteiger partial charge in [-0.1, -0.05) is 40.7 Å². The van der Waals surface area contributed by atoms with E-state index in [1.54, 1.807) is 6.07 Å². The summed E-state index contributed by atoms with van der Waals surface area (Å²) in [5, 5.41) is 12.8. The lowest BCUT2D eigenvalue weighted by Crippen LogP contribution is -2.14. The fourth-order valence-electron chi connectivity index (χ4n) is 3.36. The second kappa shape index (κ2) is 12.4. The molecule has 0 atom stereocenters. The Labute approximate surface area is 220 Å². The van der Waals surface area contributed by atoms with Crippen molar-refractivity contribution >= 4 is 34.0 Å². The first-order valence-electron chi connectivity index (χ1n) is 11.3. The van der Waals surface area contributed by atoms with Crippen molar-refractivity contribution in [3.8, 4) is 16.9 Å². The number of amides is 1. The molecule has 0 unspecified atom stereocenters. The van der Waals surface area contributed by atoms with E-state index in [1.165, 1.54) is 42.0 Å². The number of anilines is 1. The van der Waals surface area contributed by atoms with E-state index in [2.05, 4.69) is 39.3 Å². The summed E-state index contributed by atoms with van der Waals surface area (Å²) in [7, 11) is 1.54. The molecule has 3 aromatic heterocycles. The molecule has 0 spiro atoms.